The Labute approximate surface area is 681 Å². The lowest BCUT2D eigenvalue weighted by Gasteiger charge is -2.50. The van der Waals surface area contributed by atoms with Gasteiger partial charge in [-0.15, -0.1) is 0 Å². The van der Waals surface area contributed by atoms with Crippen molar-refractivity contribution in [2.24, 2.45) is 57.7 Å². The number of hydrogen-bond acceptors (Lipinski definition) is 33. The van der Waals surface area contributed by atoms with E-state index < -0.39 is 229 Å². The first-order chi connectivity index (χ1) is 53.3. The fraction of sp³-hybridized carbons (Fsp3) is 0.926. The number of nitrogens with zero attached hydrogens (tertiary/aromatic N) is 4. The van der Waals surface area contributed by atoms with Crippen molar-refractivity contribution in [1.29, 1.82) is 0 Å². The number of carbonyl (C=O) groups is 4. The van der Waals surface area contributed by atoms with Crippen molar-refractivity contribution in [3.8, 4) is 0 Å². The molecular weight excluding hydrogens is 1510 g/mol. The number of hydrogen-bond donors (Lipinski definition) is 9. The van der Waals surface area contributed by atoms with E-state index in [9.17, 15) is 65.1 Å². The number of carbonyl (C=O) groups excluding carboxylic acids is 3. The highest BCUT2D eigenvalue weighted by Crippen LogP contribution is 2.46. The Balaban J connectivity index is 0.000000411. The number of esters is 3. The summed E-state index contributed by atoms with van der Waals surface area (Å²) in [4.78, 5) is 66.7. The van der Waals surface area contributed by atoms with E-state index in [1.807, 2.05) is 86.5 Å². The molecule has 0 amide bonds. The number of carboxylic acids is 1. The summed E-state index contributed by atoms with van der Waals surface area (Å²) in [5, 5.41) is 111. The molecule has 0 spiro atoms. The third-order valence-electron chi connectivity index (χ3n) is 25.5. The lowest BCUT2D eigenvalue weighted by molar-refractivity contribution is -0.319. The predicted octanol–water partition coefficient (Wildman–Crippen LogP) is 4.74. The molecule has 6 fully saturated rings. The normalized spacial score (nSPS) is 46.0. The number of oxime groups is 2. The Morgan fingerprint density at radius 3 is 1.10 bits per heavy atom. The van der Waals surface area contributed by atoms with E-state index in [1.165, 1.54) is 49.4 Å². The van der Waals surface area contributed by atoms with Gasteiger partial charge in [0.25, 0.3) is 0 Å². The van der Waals surface area contributed by atoms with E-state index in [4.69, 9.17) is 80.7 Å². The molecule has 34 nitrogen and oxygen atoms in total. The third-order valence-corrected chi connectivity index (χ3v) is 25.5. The molecule has 6 saturated heterocycles. The SMILES string of the molecule is CC[C@H]1OC(=O)[C@H](C)[C@@H](O[C@H]2C[C@@](C)(OC)[C@@H](O)[C@H](C)O2)[C@H](C)[C@@H](O[C@@H]2O[C@H](C)C[C@H](N(C)C)[C@H]2O)[C@](C)(OC)C[C@@H](C)/C(=N/OCC(=O)O)[C@H](C)[C@@H](O)[C@]1(C)O.CC[C@H]1OC(=O)[C@H](C)[C@@H](O[C@H]2C[C@@](C)(OC)[C@@H](O)[C@H](C)O2)[C@H](C)[C@@H](O[C@@H]2O[C@H](C)C[C@H](N(C)C)[C@H]2O)[C@](C)(OC)C[C@@H](C)/C(=N/OCC(=O)OC)[C@H](C)[C@@H](O)[C@]1(C)O. The first-order valence-corrected chi connectivity index (χ1v) is 40.7. The van der Waals surface area contributed by atoms with Crippen LogP contribution >= 0.6 is 0 Å². The summed E-state index contributed by atoms with van der Waals surface area (Å²) in [6, 6.07) is -0.624. The Kier molecular flexibility index (Phi) is 37.6. The van der Waals surface area contributed by atoms with E-state index in [0.717, 1.165) is 0 Å². The Morgan fingerprint density at radius 2 is 0.800 bits per heavy atom. The van der Waals surface area contributed by atoms with Crippen molar-refractivity contribution in [2.75, 3.05) is 77.0 Å². The van der Waals surface area contributed by atoms with Gasteiger partial charge in [-0.3, -0.25) is 9.59 Å². The quantitative estimate of drug-likeness (QED) is 0.0401. The molecule has 0 aromatic rings. The zero-order chi connectivity index (χ0) is 87.4. The molecule has 0 radical (unpaired) electrons. The molecule has 0 bridgehead atoms. The van der Waals surface area contributed by atoms with Gasteiger partial charge in [-0.2, -0.15) is 0 Å². The Hall–Kier alpha value is -4.06. The molecule has 0 aromatic heterocycles. The fourth-order valence-corrected chi connectivity index (χ4v) is 17.9. The first-order valence-electron chi connectivity index (χ1n) is 40.7. The number of aliphatic hydroxyl groups is 8. The largest absolute Gasteiger partial charge is 0.479 e. The molecule has 0 aromatic carbocycles. The molecule has 6 heterocycles. The highest BCUT2D eigenvalue weighted by atomic mass is 16.7. The minimum atomic E-state index is -2.01. The molecule has 0 saturated carbocycles. The monoisotopic (exact) mass is 1660 g/mol. The lowest BCUT2D eigenvalue weighted by atomic mass is 9.73. The van der Waals surface area contributed by atoms with Crippen LogP contribution in [0, 0.1) is 47.3 Å². The molecule has 0 unspecified atom stereocenters. The minimum Gasteiger partial charge on any atom is -0.479 e. The lowest BCUT2D eigenvalue weighted by Crippen LogP contribution is -2.61. The number of methoxy groups -OCH3 is 5. The maximum Gasteiger partial charge on any atom is 0.346 e. The van der Waals surface area contributed by atoms with E-state index in [1.54, 1.807) is 76.2 Å². The van der Waals surface area contributed by atoms with Gasteiger partial charge in [0.15, 0.2) is 25.2 Å². The van der Waals surface area contributed by atoms with Crippen molar-refractivity contribution < 1.29 is 146 Å². The topological polar surface area (TPSA) is 438 Å². The number of likely N-dealkylation sites (N-methyl/N-ethyl adjacent to an activating group) is 2. The van der Waals surface area contributed by atoms with Gasteiger partial charge in [0, 0.05) is 88.9 Å². The van der Waals surface area contributed by atoms with Crippen molar-refractivity contribution in [2.45, 2.75) is 358 Å². The number of rotatable bonds is 22. The van der Waals surface area contributed by atoms with Crippen molar-refractivity contribution in [1.82, 2.24) is 9.80 Å². The zero-order valence-corrected chi connectivity index (χ0v) is 73.8. The standard InChI is InChI=1S/C41H74N2O15.C40H72N2O15/c1-16-28-41(10,49)34(46)23(4)31(42-53-20-29(44)50-13)21(2)18-40(9,52-15)36(58-38-32(45)27(43(11)12)17-22(3)54-38)24(5)33(25(6)37(48)56-28)57-30-19-39(8,51-14)35(47)26(7)55-30;1-15-27-40(10,49)33(46)22(4)30(41-52-19-28(43)44)20(2)17-39(9,51-14)35(57-37-31(45)26(42(11)12)16-21(3)53-37)23(5)32(24(6)36(48)55-27)56-29-18-38(8,50-13)34(47)25(7)54-29/h21-28,30,32-36,38,45-47,49H,16-20H2,1-15H3;20-27,29,31-35,37,45-47,49H,15-19H2,1-14H3,(H,43,44)/b42-31-;41-30-/t21-,22-,23+,24+,25-,26+,27+,28-,30+,32-,33+,34-,35+,36-,38+,39-,40-,41-;20-,21-,22+,23+,24-,25+,26+,27-,29+,31-,32+,33-,34+,35-,37+,38-,39-,40-/m11/s1. The van der Waals surface area contributed by atoms with Gasteiger partial charge in [0.1, 0.15) is 47.8 Å². The minimum absolute atomic E-state index is 0.100. The highest BCUT2D eigenvalue weighted by Gasteiger charge is 2.58. The van der Waals surface area contributed by atoms with E-state index in [0.29, 0.717) is 12.8 Å². The smallest absolute Gasteiger partial charge is 0.346 e. The summed E-state index contributed by atoms with van der Waals surface area (Å²) in [5.41, 5.74) is -8.17. The van der Waals surface area contributed by atoms with Gasteiger partial charge >= 0.3 is 23.9 Å². The van der Waals surface area contributed by atoms with Crippen molar-refractivity contribution in [3.05, 3.63) is 0 Å². The summed E-state index contributed by atoms with van der Waals surface area (Å²) >= 11 is 0. The second-order valence-electron chi connectivity index (χ2n) is 35.0. The highest BCUT2D eigenvalue weighted by molar-refractivity contribution is 5.89. The molecule has 6 aliphatic heterocycles. The van der Waals surface area contributed by atoms with Gasteiger partial charge in [0.2, 0.25) is 13.2 Å². The van der Waals surface area contributed by atoms with Crippen LogP contribution in [-0.4, -0.2) is 337 Å². The molecule has 0 aliphatic carbocycles. The van der Waals surface area contributed by atoms with Gasteiger partial charge in [-0.1, -0.05) is 65.7 Å². The zero-order valence-electron chi connectivity index (χ0n) is 73.8. The molecule has 34 heteroatoms. The van der Waals surface area contributed by atoms with Crippen LogP contribution in [0.3, 0.4) is 0 Å². The van der Waals surface area contributed by atoms with Crippen LogP contribution in [0.25, 0.3) is 0 Å². The number of carboxylic acid groups (broad SMARTS) is 1. The second kappa shape index (κ2) is 42.6. The maximum absolute atomic E-state index is 14.4. The first kappa shape index (κ1) is 101. The van der Waals surface area contributed by atoms with Gasteiger partial charge < -0.3 is 136 Å². The van der Waals surface area contributed by atoms with E-state index in [-0.39, 0.29) is 74.2 Å². The van der Waals surface area contributed by atoms with Crippen LogP contribution in [0.4, 0.5) is 0 Å². The van der Waals surface area contributed by atoms with Crippen molar-refractivity contribution >= 4 is 35.3 Å². The molecule has 6 aliphatic rings. The number of cyclic esters (lactones) is 2. The van der Waals surface area contributed by atoms with Crippen molar-refractivity contribution in [3.63, 3.8) is 0 Å². The molecule has 6 rings (SSSR count). The Bertz CT molecular complexity index is 3120. The van der Waals surface area contributed by atoms with Gasteiger partial charge in [-0.05, 0) is 150 Å². The number of aliphatic carboxylic acids is 1. The molecule has 115 heavy (non-hydrogen) atoms. The van der Waals surface area contributed by atoms with Crippen LogP contribution in [0.2, 0.25) is 0 Å². The van der Waals surface area contributed by atoms with Crippen LogP contribution < -0.4 is 0 Å². The van der Waals surface area contributed by atoms with Crippen LogP contribution in [0.15, 0.2) is 10.3 Å². The summed E-state index contributed by atoms with van der Waals surface area (Å²) < 4.78 is 93.4. The third kappa shape index (κ3) is 24.2. The van der Waals surface area contributed by atoms with Gasteiger partial charge in [0.05, 0.1) is 114 Å². The molecule has 36 atom stereocenters. The summed E-state index contributed by atoms with van der Waals surface area (Å²) in [5.74, 6) is -9.99. The average molecular weight is 1660 g/mol. The van der Waals surface area contributed by atoms with E-state index >= 15 is 0 Å². The molecular formula is C81H146N4O30. The summed E-state index contributed by atoms with van der Waals surface area (Å²) in [6.45, 7) is 33.2. The predicted molar refractivity (Wildman–Crippen MR) is 419 cm³/mol. The Morgan fingerprint density at radius 1 is 0.470 bits per heavy atom. The van der Waals surface area contributed by atoms with Crippen LogP contribution in [-0.2, 0) is 99.9 Å². The van der Waals surface area contributed by atoms with E-state index in [2.05, 4.69) is 10.3 Å². The number of aliphatic hydroxyl groups excluding tert-OH is 6. The van der Waals surface area contributed by atoms with Crippen LogP contribution in [0.5, 0.6) is 0 Å². The molecule has 9 N–H and O–H groups in total. The van der Waals surface area contributed by atoms with Crippen LogP contribution in [0.1, 0.15) is 190 Å². The fourth-order valence-electron chi connectivity index (χ4n) is 17.9. The van der Waals surface area contributed by atoms with Gasteiger partial charge in [-0.25, -0.2) is 9.59 Å². The number of ether oxygens (including phenoxy) is 15. The second-order valence-corrected chi connectivity index (χ2v) is 35.0. The summed E-state index contributed by atoms with van der Waals surface area (Å²) in [7, 11) is 14.7. The maximum atomic E-state index is 14.4. The average Bonchev–Trinajstić information content (AvgIpc) is 0.768. The summed E-state index contributed by atoms with van der Waals surface area (Å²) in [6.07, 6.45) is -18.1. The molecule has 670 valence electrons.